The van der Waals surface area contributed by atoms with Gasteiger partial charge in [0.2, 0.25) is 0 Å². The molecule has 0 aromatic heterocycles. The molecule has 2 aliphatic heterocycles. The number of ether oxygens (including phenoxy) is 1. The van der Waals surface area contributed by atoms with Crippen molar-refractivity contribution in [3.8, 4) is 0 Å². The monoisotopic (exact) mass is 393 g/mol. The van der Waals surface area contributed by atoms with Crippen LogP contribution in [0, 0.1) is 11.8 Å². The molecule has 1 saturated carbocycles. The summed E-state index contributed by atoms with van der Waals surface area (Å²) in [7, 11) is 1.90. The summed E-state index contributed by atoms with van der Waals surface area (Å²) in [6.07, 6.45) is 8.48. The van der Waals surface area contributed by atoms with Gasteiger partial charge >= 0.3 is 0 Å². The Morgan fingerprint density at radius 2 is 1.85 bits per heavy atom. The van der Waals surface area contributed by atoms with E-state index in [9.17, 15) is 0 Å². The van der Waals surface area contributed by atoms with E-state index in [-0.39, 0.29) is 24.0 Å². The maximum atomic E-state index is 5.67. The highest BCUT2D eigenvalue weighted by atomic mass is 127. The molecule has 1 aliphatic carbocycles. The van der Waals surface area contributed by atoms with Gasteiger partial charge in [-0.2, -0.15) is 0 Å². The van der Waals surface area contributed by atoms with Gasteiger partial charge in [-0.05, 0) is 37.5 Å². The first-order chi connectivity index (χ1) is 9.36. The van der Waals surface area contributed by atoms with Crippen LogP contribution in [0.25, 0.3) is 0 Å². The third-order valence-electron chi connectivity index (χ3n) is 5.00. The highest BCUT2D eigenvalue weighted by Gasteiger charge is 2.35. The van der Waals surface area contributed by atoms with Crippen molar-refractivity contribution in [2.75, 3.05) is 33.3 Å². The highest BCUT2D eigenvalue weighted by molar-refractivity contribution is 14.0. The summed E-state index contributed by atoms with van der Waals surface area (Å²) in [6, 6.07) is 0. The van der Waals surface area contributed by atoms with Gasteiger partial charge in [0, 0.05) is 33.3 Å². The second-order valence-electron chi connectivity index (χ2n) is 6.27. The molecular weight excluding hydrogens is 365 g/mol. The highest BCUT2D eigenvalue weighted by Crippen LogP contribution is 2.35. The van der Waals surface area contributed by atoms with E-state index in [1.54, 1.807) is 0 Å². The number of hydrogen-bond donors (Lipinski definition) is 1. The average molecular weight is 393 g/mol. The van der Waals surface area contributed by atoms with E-state index in [1.807, 2.05) is 7.05 Å². The number of halogens is 1. The molecule has 3 rings (SSSR count). The van der Waals surface area contributed by atoms with E-state index < -0.39 is 0 Å². The Kier molecular flexibility index (Phi) is 6.39. The smallest absolute Gasteiger partial charge is 0.193 e. The van der Waals surface area contributed by atoms with Crippen molar-refractivity contribution in [2.45, 2.75) is 44.6 Å². The first kappa shape index (κ1) is 16.3. The van der Waals surface area contributed by atoms with Crippen LogP contribution in [-0.2, 0) is 4.74 Å². The number of aliphatic imine (C=N–C) groups is 1. The number of hydrogen-bond acceptors (Lipinski definition) is 2. The van der Waals surface area contributed by atoms with E-state index in [0.717, 1.165) is 30.9 Å². The first-order valence-corrected chi connectivity index (χ1v) is 7.94. The Labute approximate surface area is 139 Å². The fraction of sp³-hybridized carbons (Fsp3) is 0.933. The third-order valence-corrected chi connectivity index (χ3v) is 5.00. The van der Waals surface area contributed by atoms with Crippen molar-refractivity contribution >= 4 is 29.9 Å². The molecule has 3 aliphatic rings. The second-order valence-corrected chi connectivity index (χ2v) is 6.27. The second kappa shape index (κ2) is 7.82. The number of fused-ring (bicyclic) bond motifs is 1. The van der Waals surface area contributed by atoms with Gasteiger partial charge in [-0.1, -0.05) is 12.8 Å². The largest absolute Gasteiger partial charge is 0.376 e. The normalized spacial score (nSPS) is 33.8. The van der Waals surface area contributed by atoms with Crippen molar-refractivity contribution in [1.29, 1.82) is 0 Å². The average Bonchev–Trinajstić information content (AvgIpc) is 3.08. The standard InChI is InChI=1S/C15H27N3O.HI/c1-16-15(17-9-14-7-4-8-19-14)18-10-12-5-2-3-6-13(12)11-18;/h12-14H,2-11H2,1H3,(H,16,17);1H. The van der Waals surface area contributed by atoms with Crippen LogP contribution in [0.1, 0.15) is 38.5 Å². The summed E-state index contributed by atoms with van der Waals surface area (Å²) in [5.41, 5.74) is 0. The van der Waals surface area contributed by atoms with Gasteiger partial charge in [-0.15, -0.1) is 24.0 Å². The maximum Gasteiger partial charge on any atom is 0.193 e. The summed E-state index contributed by atoms with van der Waals surface area (Å²) in [4.78, 5) is 6.93. The quantitative estimate of drug-likeness (QED) is 0.445. The van der Waals surface area contributed by atoms with Crippen LogP contribution in [0.4, 0.5) is 0 Å². The molecular formula is C15H28IN3O. The molecule has 20 heavy (non-hydrogen) atoms. The lowest BCUT2D eigenvalue weighted by Gasteiger charge is -2.23. The van der Waals surface area contributed by atoms with Crippen LogP contribution in [0.2, 0.25) is 0 Å². The van der Waals surface area contributed by atoms with Crippen LogP contribution in [0.3, 0.4) is 0 Å². The van der Waals surface area contributed by atoms with Crippen LogP contribution >= 0.6 is 24.0 Å². The van der Waals surface area contributed by atoms with E-state index in [1.165, 1.54) is 51.6 Å². The zero-order valence-corrected chi connectivity index (χ0v) is 14.8. The van der Waals surface area contributed by atoms with Gasteiger partial charge in [0.15, 0.2) is 5.96 Å². The van der Waals surface area contributed by atoms with Crippen molar-refractivity contribution < 1.29 is 4.74 Å². The van der Waals surface area contributed by atoms with Gasteiger partial charge in [-0.25, -0.2) is 0 Å². The summed E-state index contributed by atoms with van der Waals surface area (Å²) in [5.74, 6) is 2.91. The predicted octanol–water partition coefficient (Wildman–Crippen LogP) is 2.48. The summed E-state index contributed by atoms with van der Waals surface area (Å²) >= 11 is 0. The van der Waals surface area contributed by atoms with Crippen LogP contribution in [0.15, 0.2) is 4.99 Å². The molecule has 0 aromatic carbocycles. The van der Waals surface area contributed by atoms with Gasteiger partial charge in [0.25, 0.3) is 0 Å². The van der Waals surface area contributed by atoms with E-state index in [2.05, 4.69) is 15.2 Å². The fourth-order valence-corrected chi connectivity index (χ4v) is 3.92. The number of nitrogens with one attached hydrogen (secondary N) is 1. The summed E-state index contributed by atoms with van der Waals surface area (Å²) < 4.78 is 5.67. The minimum atomic E-state index is 0. The number of nitrogens with zero attached hydrogens (tertiary/aromatic N) is 2. The number of guanidine groups is 1. The topological polar surface area (TPSA) is 36.9 Å². The van der Waals surface area contributed by atoms with Crippen LogP contribution in [0.5, 0.6) is 0 Å². The Morgan fingerprint density at radius 3 is 2.40 bits per heavy atom. The van der Waals surface area contributed by atoms with Crippen molar-refractivity contribution in [2.24, 2.45) is 16.8 Å². The molecule has 3 atom stereocenters. The van der Waals surface area contributed by atoms with Crippen molar-refractivity contribution in [1.82, 2.24) is 10.2 Å². The fourth-order valence-electron chi connectivity index (χ4n) is 3.92. The summed E-state index contributed by atoms with van der Waals surface area (Å²) in [6.45, 7) is 4.25. The molecule has 116 valence electrons. The molecule has 0 spiro atoms. The molecule has 3 fully saturated rings. The minimum absolute atomic E-state index is 0. The number of rotatable bonds is 2. The number of likely N-dealkylation sites (tertiary alicyclic amines) is 1. The third kappa shape index (κ3) is 3.78. The molecule has 3 unspecified atom stereocenters. The van der Waals surface area contributed by atoms with Gasteiger partial charge in [0.1, 0.15) is 0 Å². The van der Waals surface area contributed by atoms with Crippen molar-refractivity contribution in [3.63, 3.8) is 0 Å². The summed E-state index contributed by atoms with van der Waals surface area (Å²) in [5, 5.41) is 3.51. The molecule has 1 N–H and O–H groups in total. The Hall–Kier alpha value is -0.0400. The minimum Gasteiger partial charge on any atom is -0.376 e. The lowest BCUT2D eigenvalue weighted by Crippen LogP contribution is -2.43. The molecule has 0 radical (unpaired) electrons. The van der Waals surface area contributed by atoms with Crippen molar-refractivity contribution in [3.05, 3.63) is 0 Å². The Balaban J connectivity index is 0.00000147. The molecule has 5 heteroatoms. The van der Waals surface area contributed by atoms with Crippen LogP contribution in [-0.4, -0.2) is 50.3 Å². The molecule has 2 saturated heterocycles. The molecule has 2 heterocycles. The zero-order chi connectivity index (χ0) is 13.1. The zero-order valence-electron chi connectivity index (χ0n) is 12.5. The van der Waals surface area contributed by atoms with Gasteiger partial charge in [-0.3, -0.25) is 4.99 Å². The SMILES string of the molecule is CN=C(NCC1CCCO1)N1CC2CCCCC2C1.I. The lowest BCUT2D eigenvalue weighted by atomic mass is 9.82. The van der Waals surface area contributed by atoms with Gasteiger partial charge < -0.3 is 15.0 Å². The maximum absolute atomic E-state index is 5.67. The Bertz CT molecular complexity index is 317. The molecule has 0 aromatic rings. The Morgan fingerprint density at radius 1 is 1.15 bits per heavy atom. The molecule has 0 bridgehead atoms. The van der Waals surface area contributed by atoms with E-state index >= 15 is 0 Å². The van der Waals surface area contributed by atoms with E-state index in [0.29, 0.717) is 6.10 Å². The lowest BCUT2D eigenvalue weighted by molar-refractivity contribution is 0.113. The van der Waals surface area contributed by atoms with Gasteiger partial charge in [0.05, 0.1) is 6.10 Å². The molecule has 0 amide bonds. The van der Waals surface area contributed by atoms with E-state index in [4.69, 9.17) is 4.74 Å². The first-order valence-electron chi connectivity index (χ1n) is 7.94. The van der Waals surface area contributed by atoms with Crippen LogP contribution < -0.4 is 5.32 Å². The predicted molar refractivity (Wildman–Crippen MR) is 92.8 cm³/mol. The molecule has 4 nitrogen and oxygen atoms in total.